The molecule has 0 fully saturated rings. The number of nitrogens with zero attached hydrogens (tertiary/aromatic N) is 1. The van der Waals surface area contributed by atoms with Gasteiger partial charge >= 0.3 is 6.18 Å². The number of aryl methyl sites for hydroxylation is 2. The Kier molecular flexibility index (Phi) is 7.04. The second-order valence-electron chi connectivity index (χ2n) is 7.33. The van der Waals surface area contributed by atoms with Crippen molar-refractivity contribution in [2.45, 2.75) is 24.9 Å². The quantitative estimate of drug-likeness (QED) is 0.468. The van der Waals surface area contributed by atoms with Crippen molar-refractivity contribution in [1.82, 2.24) is 0 Å². The molecule has 0 spiro atoms. The van der Waals surface area contributed by atoms with Gasteiger partial charge in [0.25, 0.3) is 10.0 Å². The number of rotatable bonds is 6. The van der Waals surface area contributed by atoms with Gasteiger partial charge in [-0.15, -0.1) is 0 Å². The fourth-order valence-electron chi connectivity index (χ4n) is 3.10. The van der Waals surface area contributed by atoms with Crippen LogP contribution >= 0.6 is 11.6 Å². The lowest BCUT2D eigenvalue weighted by Crippen LogP contribution is -2.38. The van der Waals surface area contributed by atoms with E-state index in [1.165, 1.54) is 30.3 Å². The molecule has 0 unspecified atom stereocenters. The SMILES string of the molecule is Cc1ccc(N(CC(=O)Nc2ccc(Cl)cc2C(F)(F)F)S(=O)(=O)c2ccccc2)cc1C. The highest BCUT2D eigenvalue weighted by molar-refractivity contribution is 7.92. The zero-order valence-electron chi connectivity index (χ0n) is 17.7. The molecule has 0 saturated heterocycles. The van der Waals surface area contributed by atoms with E-state index in [0.717, 1.165) is 21.5 Å². The molecule has 0 aromatic heterocycles. The first kappa shape index (κ1) is 24.6. The molecular weight excluding hydrogens is 477 g/mol. The Morgan fingerprint density at radius 2 is 1.64 bits per heavy atom. The summed E-state index contributed by atoms with van der Waals surface area (Å²) >= 11 is 5.68. The number of amides is 1. The molecule has 3 aromatic rings. The number of nitrogens with one attached hydrogen (secondary N) is 1. The van der Waals surface area contributed by atoms with E-state index in [9.17, 15) is 26.4 Å². The van der Waals surface area contributed by atoms with Gasteiger partial charge in [-0.25, -0.2) is 8.42 Å². The largest absolute Gasteiger partial charge is 0.418 e. The lowest BCUT2D eigenvalue weighted by Gasteiger charge is -2.25. The van der Waals surface area contributed by atoms with Crippen molar-refractivity contribution >= 4 is 38.9 Å². The molecule has 1 amide bonds. The Morgan fingerprint density at radius 3 is 2.24 bits per heavy atom. The van der Waals surface area contributed by atoms with E-state index in [-0.39, 0.29) is 15.6 Å². The second-order valence-corrected chi connectivity index (χ2v) is 9.63. The number of hydrogen-bond acceptors (Lipinski definition) is 3. The van der Waals surface area contributed by atoms with Crippen LogP contribution in [0.4, 0.5) is 24.5 Å². The predicted molar refractivity (Wildman–Crippen MR) is 122 cm³/mol. The van der Waals surface area contributed by atoms with Crippen molar-refractivity contribution in [2.24, 2.45) is 0 Å². The average Bonchev–Trinajstić information content (AvgIpc) is 2.75. The van der Waals surface area contributed by atoms with Crippen molar-refractivity contribution in [1.29, 1.82) is 0 Å². The van der Waals surface area contributed by atoms with E-state index in [2.05, 4.69) is 5.32 Å². The maximum Gasteiger partial charge on any atom is 0.418 e. The van der Waals surface area contributed by atoms with E-state index in [0.29, 0.717) is 6.07 Å². The van der Waals surface area contributed by atoms with Gasteiger partial charge in [-0.3, -0.25) is 9.10 Å². The Hall–Kier alpha value is -3.04. The Bertz CT molecular complexity index is 1280. The van der Waals surface area contributed by atoms with Crippen LogP contribution in [0.1, 0.15) is 16.7 Å². The van der Waals surface area contributed by atoms with Gasteiger partial charge in [0.2, 0.25) is 5.91 Å². The van der Waals surface area contributed by atoms with Crippen LogP contribution in [0.25, 0.3) is 0 Å². The van der Waals surface area contributed by atoms with Crippen LogP contribution in [0, 0.1) is 13.8 Å². The molecule has 174 valence electrons. The van der Waals surface area contributed by atoms with Gasteiger partial charge in [0.1, 0.15) is 6.54 Å². The number of benzene rings is 3. The summed E-state index contributed by atoms with van der Waals surface area (Å²) in [6.45, 7) is 2.90. The normalized spacial score (nSPS) is 11.8. The maximum atomic E-state index is 13.4. The molecule has 0 aliphatic rings. The van der Waals surface area contributed by atoms with Crippen LogP contribution in [-0.4, -0.2) is 20.9 Å². The monoisotopic (exact) mass is 496 g/mol. The summed E-state index contributed by atoms with van der Waals surface area (Å²) in [6, 6.07) is 15.2. The van der Waals surface area contributed by atoms with Gasteiger partial charge in [-0.1, -0.05) is 35.9 Å². The molecule has 0 aliphatic carbocycles. The molecule has 3 aromatic carbocycles. The summed E-state index contributed by atoms with van der Waals surface area (Å²) in [7, 11) is -4.19. The second kappa shape index (κ2) is 9.44. The number of halogens is 4. The molecule has 0 aliphatic heterocycles. The summed E-state index contributed by atoms with van der Waals surface area (Å²) in [5.41, 5.74) is 0.264. The highest BCUT2D eigenvalue weighted by Crippen LogP contribution is 2.36. The van der Waals surface area contributed by atoms with Gasteiger partial charge in [0.05, 0.1) is 21.8 Å². The predicted octanol–water partition coefficient (Wildman–Crippen LogP) is 5.81. The lowest BCUT2D eigenvalue weighted by atomic mass is 10.1. The smallest absolute Gasteiger partial charge is 0.324 e. The fraction of sp³-hybridized carbons (Fsp3) is 0.174. The first-order valence-corrected chi connectivity index (χ1v) is 11.5. The fourth-order valence-corrected chi connectivity index (χ4v) is 4.70. The van der Waals surface area contributed by atoms with Crippen LogP contribution < -0.4 is 9.62 Å². The minimum atomic E-state index is -4.77. The number of carbonyl (C=O) groups is 1. The lowest BCUT2D eigenvalue weighted by molar-refractivity contribution is -0.137. The Morgan fingerprint density at radius 1 is 0.970 bits per heavy atom. The van der Waals surface area contributed by atoms with Gasteiger partial charge in [0.15, 0.2) is 0 Å². The maximum absolute atomic E-state index is 13.4. The zero-order valence-corrected chi connectivity index (χ0v) is 19.2. The van der Waals surface area contributed by atoms with Crippen LogP contribution in [0.3, 0.4) is 0 Å². The van der Waals surface area contributed by atoms with Crippen molar-refractivity contribution in [2.75, 3.05) is 16.2 Å². The van der Waals surface area contributed by atoms with Crippen molar-refractivity contribution in [3.05, 3.63) is 88.4 Å². The zero-order chi connectivity index (χ0) is 24.4. The van der Waals surface area contributed by atoms with E-state index in [1.807, 2.05) is 6.92 Å². The molecule has 0 radical (unpaired) electrons. The third-order valence-electron chi connectivity index (χ3n) is 4.96. The Labute approximate surface area is 194 Å². The van der Waals surface area contributed by atoms with Crippen LogP contribution in [0.5, 0.6) is 0 Å². The molecule has 0 atom stereocenters. The summed E-state index contributed by atoms with van der Waals surface area (Å²) in [5.74, 6) is -0.944. The third kappa shape index (κ3) is 5.66. The first-order valence-electron chi connectivity index (χ1n) is 9.71. The topological polar surface area (TPSA) is 66.5 Å². The molecular formula is C23H20ClF3N2O3S. The molecule has 1 N–H and O–H groups in total. The van der Waals surface area contributed by atoms with Crippen molar-refractivity contribution in [3.63, 3.8) is 0 Å². The standard InChI is InChI=1S/C23H20ClF3N2O3S/c1-15-8-10-18(12-16(15)2)29(33(31,32)19-6-4-3-5-7-19)14-22(30)28-21-11-9-17(24)13-20(21)23(25,26)27/h3-13H,14H2,1-2H3,(H,28,30). The third-order valence-corrected chi connectivity index (χ3v) is 6.98. The van der Waals surface area contributed by atoms with E-state index < -0.39 is 39.9 Å². The van der Waals surface area contributed by atoms with Crippen molar-refractivity contribution in [3.8, 4) is 0 Å². The molecule has 33 heavy (non-hydrogen) atoms. The van der Waals surface area contributed by atoms with Gasteiger partial charge in [-0.2, -0.15) is 13.2 Å². The van der Waals surface area contributed by atoms with Gasteiger partial charge in [0, 0.05) is 5.02 Å². The summed E-state index contributed by atoms with van der Waals surface area (Å²) in [4.78, 5) is 12.7. The molecule has 0 saturated carbocycles. The van der Waals surface area contributed by atoms with Gasteiger partial charge in [-0.05, 0) is 67.4 Å². The number of sulfonamides is 1. The molecule has 0 bridgehead atoms. The number of hydrogen-bond donors (Lipinski definition) is 1. The summed E-state index contributed by atoms with van der Waals surface area (Å²) in [5, 5.41) is 2.02. The summed E-state index contributed by atoms with van der Waals surface area (Å²) in [6.07, 6.45) is -4.77. The highest BCUT2D eigenvalue weighted by Gasteiger charge is 2.35. The van der Waals surface area contributed by atoms with Gasteiger partial charge < -0.3 is 5.32 Å². The van der Waals surface area contributed by atoms with E-state index >= 15 is 0 Å². The average molecular weight is 497 g/mol. The number of alkyl halides is 3. The molecule has 10 heteroatoms. The number of carbonyl (C=O) groups excluding carboxylic acids is 1. The highest BCUT2D eigenvalue weighted by atomic mass is 35.5. The molecule has 5 nitrogen and oxygen atoms in total. The van der Waals surface area contributed by atoms with E-state index in [4.69, 9.17) is 11.6 Å². The van der Waals surface area contributed by atoms with Crippen LogP contribution in [0.15, 0.2) is 71.6 Å². The minimum Gasteiger partial charge on any atom is -0.324 e. The van der Waals surface area contributed by atoms with Crippen LogP contribution in [0.2, 0.25) is 5.02 Å². The molecule has 3 rings (SSSR count). The molecule has 0 heterocycles. The van der Waals surface area contributed by atoms with Crippen molar-refractivity contribution < 1.29 is 26.4 Å². The first-order chi connectivity index (χ1) is 15.4. The van der Waals surface area contributed by atoms with Crippen LogP contribution in [-0.2, 0) is 21.0 Å². The Balaban J connectivity index is 1.99. The van der Waals surface area contributed by atoms with E-state index in [1.54, 1.807) is 31.2 Å². The minimum absolute atomic E-state index is 0.0569. The summed E-state index contributed by atoms with van der Waals surface area (Å²) < 4.78 is 67.7. The number of anilines is 2.